The van der Waals surface area contributed by atoms with Crippen molar-refractivity contribution in [3.63, 3.8) is 0 Å². The maximum Gasteiger partial charge on any atom is 0.220 e. The van der Waals surface area contributed by atoms with Crippen LogP contribution in [0.4, 0.5) is 0 Å². The van der Waals surface area contributed by atoms with E-state index in [0.717, 1.165) is 11.4 Å². The number of rotatable bonds is 6. The van der Waals surface area contributed by atoms with E-state index in [0.29, 0.717) is 24.6 Å². The fraction of sp³-hybridized carbons (Fsp3) is 0.462. The lowest BCUT2D eigenvalue weighted by molar-refractivity contribution is -0.121. The highest BCUT2D eigenvalue weighted by atomic mass is 35.5. The SMILES string of the molecule is CC(CC(=O)NCCS)Cc1ccc(Cl)cc1. The van der Waals surface area contributed by atoms with E-state index in [9.17, 15) is 4.79 Å². The molecule has 0 aliphatic heterocycles. The zero-order valence-electron chi connectivity index (χ0n) is 9.95. The van der Waals surface area contributed by atoms with Gasteiger partial charge in [0.2, 0.25) is 5.91 Å². The van der Waals surface area contributed by atoms with Gasteiger partial charge < -0.3 is 5.32 Å². The molecule has 0 saturated heterocycles. The van der Waals surface area contributed by atoms with Gasteiger partial charge in [-0.2, -0.15) is 12.6 Å². The van der Waals surface area contributed by atoms with Gasteiger partial charge in [0.25, 0.3) is 0 Å². The number of amides is 1. The fourth-order valence-corrected chi connectivity index (χ4v) is 1.92. The highest BCUT2D eigenvalue weighted by Crippen LogP contribution is 2.15. The molecule has 0 saturated carbocycles. The molecule has 94 valence electrons. The Morgan fingerprint density at radius 2 is 2.06 bits per heavy atom. The fourth-order valence-electron chi connectivity index (χ4n) is 1.68. The molecule has 0 aliphatic rings. The summed E-state index contributed by atoms with van der Waals surface area (Å²) in [7, 11) is 0. The monoisotopic (exact) mass is 271 g/mol. The first-order valence-corrected chi connectivity index (χ1v) is 6.75. The van der Waals surface area contributed by atoms with Gasteiger partial charge in [-0.25, -0.2) is 0 Å². The Morgan fingerprint density at radius 1 is 1.41 bits per heavy atom. The van der Waals surface area contributed by atoms with E-state index >= 15 is 0 Å². The lowest BCUT2D eigenvalue weighted by atomic mass is 9.98. The molecule has 0 bridgehead atoms. The molecule has 1 aromatic carbocycles. The third kappa shape index (κ3) is 5.99. The maximum absolute atomic E-state index is 11.5. The first kappa shape index (κ1) is 14.4. The van der Waals surface area contributed by atoms with Crippen LogP contribution in [0.2, 0.25) is 5.02 Å². The van der Waals surface area contributed by atoms with Crippen molar-refractivity contribution in [3.05, 3.63) is 34.9 Å². The zero-order chi connectivity index (χ0) is 12.7. The number of hydrogen-bond donors (Lipinski definition) is 2. The molecule has 17 heavy (non-hydrogen) atoms. The van der Waals surface area contributed by atoms with E-state index in [1.807, 2.05) is 24.3 Å². The van der Waals surface area contributed by atoms with Crippen molar-refractivity contribution in [2.24, 2.45) is 5.92 Å². The van der Waals surface area contributed by atoms with Crippen molar-refractivity contribution in [1.29, 1.82) is 0 Å². The molecule has 4 heteroatoms. The van der Waals surface area contributed by atoms with E-state index in [1.54, 1.807) is 0 Å². The van der Waals surface area contributed by atoms with E-state index in [1.165, 1.54) is 5.56 Å². The van der Waals surface area contributed by atoms with Gasteiger partial charge in [0.05, 0.1) is 0 Å². The summed E-state index contributed by atoms with van der Waals surface area (Å²) >= 11 is 9.87. The van der Waals surface area contributed by atoms with Crippen LogP contribution >= 0.6 is 24.2 Å². The Hall–Kier alpha value is -0.670. The summed E-state index contributed by atoms with van der Waals surface area (Å²) in [6.07, 6.45) is 1.45. The van der Waals surface area contributed by atoms with Crippen LogP contribution in [0.15, 0.2) is 24.3 Å². The van der Waals surface area contributed by atoms with E-state index in [4.69, 9.17) is 11.6 Å². The summed E-state index contributed by atoms with van der Waals surface area (Å²) in [5, 5.41) is 3.57. The van der Waals surface area contributed by atoms with Crippen LogP contribution in [-0.2, 0) is 11.2 Å². The van der Waals surface area contributed by atoms with Gasteiger partial charge >= 0.3 is 0 Å². The largest absolute Gasteiger partial charge is 0.355 e. The van der Waals surface area contributed by atoms with Gasteiger partial charge in [-0.05, 0) is 30.0 Å². The first-order valence-electron chi connectivity index (χ1n) is 5.74. The van der Waals surface area contributed by atoms with Crippen LogP contribution in [-0.4, -0.2) is 18.2 Å². The molecule has 0 fully saturated rings. The van der Waals surface area contributed by atoms with Crippen LogP contribution in [0.25, 0.3) is 0 Å². The molecular formula is C13H18ClNOS. The third-order valence-corrected chi connectivity index (χ3v) is 2.94. The summed E-state index contributed by atoms with van der Waals surface area (Å²) in [4.78, 5) is 11.5. The molecule has 0 radical (unpaired) electrons. The van der Waals surface area contributed by atoms with Crippen molar-refractivity contribution < 1.29 is 4.79 Å². The molecule has 1 amide bonds. The second-order valence-electron chi connectivity index (χ2n) is 4.21. The molecule has 0 spiro atoms. The zero-order valence-corrected chi connectivity index (χ0v) is 11.6. The lowest BCUT2D eigenvalue weighted by Crippen LogP contribution is -2.27. The Balaban J connectivity index is 2.36. The Kier molecular flexibility index (Phi) is 6.45. The second-order valence-corrected chi connectivity index (χ2v) is 5.10. The molecule has 0 aliphatic carbocycles. The van der Waals surface area contributed by atoms with Crippen LogP contribution < -0.4 is 5.32 Å². The minimum absolute atomic E-state index is 0.0977. The highest BCUT2D eigenvalue weighted by Gasteiger charge is 2.09. The summed E-state index contributed by atoms with van der Waals surface area (Å²) in [6, 6.07) is 7.77. The molecule has 0 heterocycles. The van der Waals surface area contributed by atoms with Crippen molar-refractivity contribution in [1.82, 2.24) is 5.32 Å². The van der Waals surface area contributed by atoms with E-state index < -0.39 is 0 Å². The predicted octanol–water partition coefficient (Wildman–Crippen LogP) is 2.95. The van der Waals surface area contributed by atoms with Gasteiger partial charge in [-0.15, -0.1) is 0 Å². The number of hydrogen-bond acceptors (Lipinski definition) is 2. The maximum atomic E-state index is 11.5. The lowest BCUT2D eigenvalue weighted by Gasteiger charge is -2.11. The third-order valence-electron chi connectivity index (χ3n) is 2.47. The van der Waals surface area contributed by atoms with Crippen LogP contribution in [0.5, 0.6) is 0 Å². The number of benzene rings is 1. The smallest absolute Gasteiger partial charge is 0.220 e. The minimum Gasteiger partial charge on any atom is -0.355 e. The van der Waals surface area contributed by atoms with Crippen molar-refractivity contribution in [2.75, 3.05) is 12.3 Å². The van der Waals surface area contributed by atoms with Crippen molar-refractivity contribution >= 4 is 30.1 Å². The molecule has 1 atom stereocenters. The molecule has 1 rings (SSSR count). The number of nitrogens with one attached hydrogen (secondary N) is 1. The number of carbonyl (C=O) groups is 1. The molecule has 1 unspecified atom stereocenters. The number of halogens is 1. The Bertz CT molecular complexity index is 353. The minimum atomic E-state index is 0.0977. The standard InChI is InChI=1S/C13H18ClNOS/c1-10(9-13(16)15-6-7-17)8-11-2-4-12(14)5-3-11/h2-5,10,17H,6-9H2,1H3,(H,15,16). The summed E-state index contributed by atoms with van der Waals surface area (Å²) in [5.74, 6) is 1.11. The van der Waals surface area contributed by atoms with Crippen molar-refractivity contribution in [3.8, 4) is 0 Å². The average molecular weight is 272 g/mol. The molecule has 2 nitrogen and oxygen atoms in total. The van der Waals surface area contributed by atoms with Gasteiger partial charge in [0.15, 0.2) is 0 Å². The summed E-state index contributed by atoms with van der Waals surface area (Å²) < 4.78 is 0. The quantitative estimate of drug-likeness (QED) is 0.766. The average Bonchev–Trinajstić information content (AvgIpc) is 2.29. The highest BCUT2D eigenvalue weighted by molar-refractivity contribution is 7.80. The van der Waals surface area contributed by atoms with Crippen LogP contribution in [0.3, 0.4) is 0 Å². The number of thiol groups is 1. The van der Waals surface area contributed by atoms with Gasteiger partial charge in [0, 0.05) is 23.7 Å². The van der Waals surface area contributed by atoms with Gasteiger partial charge in [0.1, 0.15) is 0 Å². The van der Waals surface area contributed by atoms with Gasteiger partial charge in [-0.1, -0.05) is 30.7 Å². The summed E-state index contributed by atoms with van der Waals surface area (Å²) in [5.41, 5.74) is 1.21. The van der Waals surface area contributed by atoms with E-state index in [-0.39, 0.29) is 5.91 Å². The van der Waals surface area contributed by atoms with Crippen molar-refractivity contribution in [2.45, 2.75) is 19.8 Å². The molecule has 1 aromatic rings. The Morgan fingerprint density at radius 3 is 2.65 bits per heavy atom. The molecule has 0 aromatic heterocycles. The van der Waals surface area contributed by atoms with Gasteiger partial charge in [-0.3, -0.25) is 4.79 Å². The van der Waals surface area contributed by atoms with E-state index in [2.05, 4.69) is 24.9 Å². The first-order chi connectivity index (χ1) is 8.11. The van der Waals surface area contributed by atoms with Crippen LogP contribution in [0.1, 0.15) is 18.9 Å². The Labute approximate surface area is 113 Å². The molecule has 1 N–H and O–H groups in total. The summed E-state index contributed by atoms with van der Waals surface area (Å²) in [6.45, 7) is 2.71. The normalized spacial score (nSPS) is 12.2. The second kappa shape index (κ2) is 7.62. The van der Waals surface area contributed by atoms with Crippen LogP contribution in [0, 0.1) is 5.92 Å². The molecular weight excluding hydrogens is 254 g/mol. The topological polar surface area (TPSA) is 29.1 Å². The predicted molar refractivity (Wildman–Crippen MR) is 75.8 cm³/mol. The number of carbonyl (C=O) groups excluding carboxylic acids is 1.